The number of hydrogen-bond acceptors (Lipinski definition) is 5. The van der Waals surface area contributed by atoms with Crippen molar-refractivity contribution in [2.24, 2.45) is 0 Å². The van der Waals surface area contributed by atoms with E-state index in [2.05, 4.69) is 19.7 Å². The molecule has 0 fully saturated rings. The molecule has 0 heterocycles. The number of carbonyl (C=O) groups excluding carboxylic acids is 1. The summed E-state index contributed by atoms with van der Waals surface area (Å²) >= 11 is 0. The van der Waals surface area contributed by atoms with Gasteiger partial charge in [0.2, 0.25) is 0 Å². The fraction of sp³-hybridized carbons (Fsp3) is 0.194. The van der Waals surface area contributed by atoms with E-state index >= 15 is 0 Å². The lowest BCUT2D eigenvalue weighted by Crippen LogP contribution is -2.08. The van der Waals surface area contributed by atoms with Crippen molar-refractivity contribution in [3.05, 3.63) is 97.1 Å². The molecule has 0 aliphatic rings. The van der Waals surface area contributed by atoms with Gasteiger partial charge in [0.25, 0.3) is 0 Å². The van der Waals surface area contributed by atoms with Crippen LogP contribution in [0.25, 0.3) is 22.3 Å². The lowest BCUT2D eigenvalue weighted by atomic mass is 9.97. The molecule has 3 rings (SSSR count). The molecule has 5 heteroatoms. The Balaban J connectivity index is 2.12. The Hall–Kier alpha value is -4.25. The number of esters is 1. The second-order valence-electron chi connectivity index (χ2n) is 8.76. The van der Waals surface area contributed by atoms with Crippen LogP contribution >= 0.6 is 0 Å². The molecule has 0 aromatic heterocycles. The molecule has 0 unspecified atom stereocenters. The van der Waals surface area contributed by atoms with Gasteiger partial charge in [0.15, 0.2) is 0 Å². The topological polar surface area (TPSA) is 54.0 Å². The van der Waals surface area contributed by atoms with E-state index in [0.29, 0.717) is 36.0 Å². The van der Waals surface area contributed by atoms with Crippen LogP contribution in [0.3, 0.4) is 0 Å². The number of methoxy groups -OCH3 is 1. The molecule has 0 bridgehead atoms. The summed E-state index contributed by atoms with van der Waals surface area (Å²) in [7, 11) is 1.64. The second-order valence-corrected chi connectivity index (χ2v) is 8.76. The predicted molar refractivity (Wildman–Crippen MR) is 145 cm³/mol. The molecule has 0 saturated carbocycles. The van der Waals surface area contributed by atoms with E-state index in [4.69, 9.17) is 18.9 Å². The first kappa shape index (κ1) is 26.4. The molecule has 0 saturated heterocycles. The number of hydrogen-bond donors (Lipinski definition) is 0. The maximum Gasteiger partial charge on any atom is 0.338 e. The van der Waals surface area contributed by atoms with Gasteiger partial charge in [-0.25, -0.2) is 4.79 Å². The summed E-state index contributed by atoms with van der Waals surface area (Å²) in [5, 5.41) is 0. The van der Waals surface area contributed by atoms with Gasteiger partial charge in [0.1, 0.15) is 36.2 Å². The Morgan fingerprint density at radius 1 is 0.694 bits per heavy atom. The van der Waals surface area contributed by atoms with Crippen LogP contribution in [0.5, 0.6) is 23.0 Å². The van der Waals surface area contributed by atoms with Crippen molar-refractivity contribution in [1.29, 1.82) is 0 Å². The van der Waals surface area contributed by atoms with E-state index in [9.17, 15) is 4.79 Å². The number of ether oxygens (including phenoxy) is 4. The van der Waals surface area contributed by atoms with Crippen molar-refractivity contribution < 1.29 is 23.7 Å². The highest BCUT2D eigenvalue weighted by Crippen LogP contribution is 2.43. The molecule has 186 valence electrons. The standard InChI is InChI=1S/C31H32O5/c1-20(2)18-34-28-16-25(23-8-12-26(33-7)13-9-23)17-29(35-19-21(3)4)30(28)24-10-14-27(15-11-24)36-31(32)22(5)6/h8-17H,1,3,5,18-19H2,2,4,6-7H3. The van der Waals surface area contributed by atoms with Gasteiger partial charge < -0.3 is 18.9 Å². The highest BCUT2D eigenvalue weighted by Gasteiger charge is 2.18. The highest BCUT2D eigenvalue weighted by atomic mass is 16.5. The van der Waals surface area contributed by atoms with Gasteiger partial charge >= 0.3 is 5.97 Å². The van der Waals surface area contributed by atoms with E-state index in [1.165, 1.54) is 0 Å². The van der Waals surface area contributed by atoms with Crippen LogP contribution < -0.4 is 18.9 Å². The molecule has 0 amide bonds. The molecule has 0 atom stereocenters. The maximum absolute atomic E-state index is 11.9. The van der Waals surface area contributed by atoms with Crippen molar-refractivity contribution in [3.63, 3.8) is 0 Å². The van der Waals surface area contributed by atoms with Crippen LogP contribution in [0, 0.1) is 0 Å². The maximum atomic E-state index is 11.9. The average Bonchev–Trinajstić information content (AvgIpc) is 2.86. The van der Waals surface area contributed by atoms with E-state index in [1.807, 2.05) is 62.4 Å². The largest absolute Gasteiger partial charge is 0.497 e. The molecule has 3 aromatic rings. The fourth-order valence-corrected chi connectivity index (χ4v) is 3.34. The third-order valence-electron chi connectivity index (χ3n) is 5.14. The normalized spacial score (nSPS) is 10.3. The summed E-state index contributed by atoms with van der Waals surface area (Å²) in [5.41, 5.74) is 5.67. The summed E-state index contributed by atoms with van der Waals surface area (Å²) in [6.07, 6.45) is 0. The van der Waals surface area contributed by atoms with Gasteiger partial charge in [-0.15, -0.1) is 0 Å². The zero-order valence-corrected chi connectivity index (χ0v) is 21.4. The van der Waals surface area contributed by atoms with E-state index < -0.39 is 5.97 Å². The SMILES string of the molecule is C=C(C)COc1cc(-c2ccc(OC)cc2)cc(OCC(=C)C)c1-c1ccc(OC(=O)C(=C)C)cc1. The summed E-state index contributed by atoms with van der Waals surface area (Å²) in [4.78, 5) is 11.9. The van der Waals surface area contributed by atoms with E-state index in [-0.39, 0.29) is 0 Å². The highest BCUT2D eigenvalue weighted by molar-refractivity contribution is 5.89. The predicted octanol–water partition coefficient (Wildman–Crippen LogP) is 7.42. The molecular formula is C31H32O5. The van der Waals surface area contributed by atoms with Crippen LogP contribution in [-0.4, -0.2) is 26.3 Å². The Morgan fingerprint density at radius 3 is 1.61 bits per heavy atom. The molecule has 0 radical (unpaired) electrons. The van der Waals surface area contributed by atoms with Crippen LogP contribution in [0.15, 0.2) is 97.1 Å². The fourth-order valence-electron chi connectivity index (χ4n) is 3.34. The van der Waals surface area contributed by atoms with Gasteiger partial charge in [-0.1, -0.05) is 44.0 Å². The molecule has 0 aliphatic carbocycles. The van der Waals surface area contributed by atoms with Crippen molar-refractivity contribution in [2.75, 3.05) is 20.3 Å². The Labute approximate surface area is 213 Å². The lowest BCUT2D eigenvalue weighted by Gasteiger charge is -2.19. The average molecular weight is 485 g/mol. The molecule has 0 spiro atoms. The van der Waals surface area contributed by atoms with Crippen molar-refractivity contribution in [3.8, 4) is 45.3 Å². The molecular weight excluding hydrogens is 452 g/mol. The molecule has 5 nitrogen and oxygen atoms in total. The zero-order valence-electron chi connectivity index (χ0n) is 21.4. The van der Waals surface area contributed by atoms with Gasteiger partial charge in [0.05, 0.1) is 12.7 Å². The first-order valence-electron chi connectivity index (χ1n) is 11.5. The minimum absolute atomic E-state index is 0.333. The minimum atomic E-state index is -0.470. The third kappa shape index (κ3) is 6.89. The monoisotopic (exact) mass is 484 g/mol. The van der Waals surface area contributed by atoms with Gasteiger partial charge in [-0.2, -0.15) is 0 Å². The van der Waals surface area contributed by atoms with Crippen LogP contribution in [-0.2, 0) is 4.79 Å². The Kier molecular flexibility index (Phi) is 8.74. The minimum Gasteiger partial charge on any atom is -0.497 e. The second kappa shape index (κ2) is 11.9. The number of rotatable bonds is 11. The third-order valence-corrected chi connectivity index (χ3v) is 5.14. The quantitative estimate of drug-likeness (QED) is 0.123. The van der Waals surface area contributed by atoms with E-state index in [1.54, 1.807) is 26.2 Å². The summed E-state index contributed by atoms with van der Waals surface area (Å²) in [6, 6.07) is 19.0. The van der Waals surface area contributed by atoms with E-state index in [0.717, 1.165) is 39.1 Å². The first-order chi connectivity index (χ1) is 17.2. The lowest BCUT2D eigenvalue weighted by molar-refractivity contribution is -0.130. The summed E-state index contributed by atoms with van der Waals surface area (Å²) < 4.78 is 23.1. The molecule has 0 N–H and O–H groups in total. The van der Waals surface area contributed by atoms with Crippen LogP contribution in [0.1, 0.15) is 20.8 Å². The van der Waals surface area contributed by atoms with Crippen molar-refractivity contribution in [1.82, 2.24) is 0 Å². The molecule has 3 aromatic carbocycles. The van der Waals surface area contributed by atoms with Crippen LogP contribution in [0.2, 0.25) is 0 Å². The smallest absolute Gasteiger partial charge is 0.338 e. The molecule has 0 aliphatic heterocycles. The first-order valence-corrected chi connectivity index (χ1v) is 11.5. The summed E-state index contributed by atoms with van der Waals surface area (Å²) in [6.45, 7) is 17.7. The summed E-state index contributed by atoms with van der Waals surface area (Å²) in [5.74, 6) is 2.03. The van der Waals surface area contributed by atoms with Crippen molar-refractivity contribution >= 4 is 5.97 Å². The molecule has 36 heavy (non-hydrogen) atoms. The van der Waals surface area contributed by atoms with Crippen LogP contribution in [0.4, 0.5) is 0 Å². The van der Waals surface area contributed by atoms with Crippen molar-refractivity contribution in [2.45, 2.75) is 20.8 Å². The Morgan fingerprint density at radius 2 is 1.17 bits per heavy atom. The van der Waals surface area contributed by atoms with Gasteiger partial charge in [0, 0.05) is 5.57 Å². The number of benzene rings is 3. The zero-order chi connectivity index (χ0) is 26.2. The van der Waals surface area contributed by atoms with Gasteiger partial charge in [-0.05, 0) is 85.0 Å². The number of carbonyl (C=O) groups is 1. The Bertz CT molecular complexity index is 1230. The van der Waals surface area contributed by atoms with Gasteiger partial charge in [-0.3, -0.25) is 0 Å².